The Hall–Kier alpha value is -1.17. The standard InChI is InChI=1S/C15H18ClNO/c1-4-11-7-8-12(10(2)14(11)16)17-13-6-5-9-15(13,3)18/h1,7-8,13,17-18H,5-6,9H2,2-3H3/t13-,15-/m1/s1. The molecule has 1 aliphatic carbocycles. The molecule has 1 aromatic rings. The van der Waals surface area contributed by atoms with Gasteiger partial charge in [0, 0.05) is 11.3 Å². The minimum atomic E-state index is -0.649. The van der Waals surface area contributed by atoms with Gasteiger partial charge < -0.3 is 10.4 Å². The van der Waals surface area contributed by atoms with Crippen molar-refractivity contribution in [2.45, 2.75) is 44.8 Å². The molecule has 0 spiro atoms. The molecule has 0 saturated heterocycles. The Morgan fingerprint density at radius 2 is 2.28 bits per heavy atom. The summed E-state index contributed by atoms with van der Waals surface area (Å²) in [6, 6.07) is 3.84. The summed E-state index contributed by atoms with van der Waals surface area (Å²) in [5, 5.41) is 14.2. The Morgan fingerprint density at radius 3 is 2.83 bits per heavy atom. The molecular formula is C15H18ClNO. The second kappa shape index (κ2) is 4.84. The molecule has 0 aromatic heterocycles. The third kappa shape index (κ3) is 2.34. The summed E-state index contributed by atoms with van der Waals surface area (Å²) in [7, 11) is 0. The molecule has 2 rings (SSSR count). The number of benzene rings is 1. The van der Waals surface area contributed by atoms with E-state index < -0.39 is 5.60 Å². The number of nitrogens with one attached hydrogen (secondary N) is 1. The van der Waals surface area contributed by atoms with Gasteiger partial charge in [0.25, 0.3) is 0 Å². The number of aliphatic hydroxyl groups is 1. The van der Waals surface area contributed by atoms with Crippen LogP contribution in [0.5, 0.6) is 0 Å². The predicted molar refractivity (Wildman–Crippen MR) is 76.0 cm³/mol. The lowest BCUT2D eigenvalue weighted by Crippen LogP contribution is -2.39. The van der Waals surface area contributed by atoms with Crippen LogP contribution in [-0.4, -0.2) is 16.7 Å². The van der Waals surface area contributed by atoms with E-state index in [2.05, 4.69) is 11.2 Å². The van der Waals surface area contributed by atoms with Gasteiger partial charge in [-0.05, 0) is 50.8 Å². The van der Waals surface area contributed by atoms with E-state index in [0.717, 1.165) is 30.5 Å². The summed E-state index contributed by atoms with van der Waals surface area (Å²) >= 11 is 6.21. The van der Waals surface area contributed by atoms with Crippen LogP contribution in [0.1, 0.15) is 37.3 Å². The van der Waals surface area contributed by atoms with Crippen LogP contribution in [-0.2, 0) is 0 Å². The zero-order valence-corrected chi connectivity index (χ0v) is 11.5. The van der Waals surface area contributed by atoms with Crippen LogP contribution in [0.4, 0.5) is 5.69 Å². The molecule has 96 valence electrons. The van der Waals surface area contributed by atoms with Crippen molar-refractivity contribution >= 4 is 17.3 Å². The maximum Gasteiger partial charge on any atom is 0.0819 e. The number of anilines is 1. The SMILES string of the molecule is C#Cc1ccc(N[C@@H]2CCC[C@@]2(C)O)c(C)c1Cl. The van der Waals surface area contributed by atoms with Crippen molar-refractivity contribution in [2.24, 2.45) is 0 Å². The first kappa shape index (κ1) is 13.3. The largest absolute Gasteiger partial charge is 0.388 e. The quantitative estimate of drug-likeness (QED) is 0.802. The zero-order chi connectivity index (χ0) is 13.3. The molecule has 2 atom stereocenters. The minimum absolute atomic E-state index is 0.0731. The Balaban J connectivity index is 2.26. The maximum absolute atomic E-state index is 10.2. The third-order valence-electron chi connectivity index (χ3n) is 3.80. The van der Waals surface area contributed by atoms with Crippen LogP contribution in [0.25, 0.3) is 0 Å². The van der Waals surface area contributed by atoms with Gasteiger partial charge in [0.2, 0.25) is 0 Å². The lowest BCUT2D eigenvalue weighted by atomic mass is 9.99. The van der Waals surface area contributed by atoms with Gasteiger partial charge in [0.15, 0.2) is 0 Å². The number of hydrogen-bond acceptors (Lipinski definition) is 2. The number of terminal acetylenes is 1. The normalized spacial score (nSPS) is 26.9. The van der Waals surface area contributed by atoms with Crippen LogP contribution in [0.3, 0.4) is 0 Å². The molecule has 18 heavy (non-hydrogen) atoms. The fraction of sp³-hybridized carbons (Fsp3) is 0.467. The van der Waals surface area contributed by atoms with E-state index in [1.165, 1.54) is 0 Å². The van der Waals surface area contributed by atoms with E-state index in [0.29, 0.717) is 10.6 Å². The fourth-order valence-electron chi connectivity index (χ4n) is 2.52. The Kier molecular flexibility index (Phi) is 3.56. The van der Waals surface area contributed by atoms with E-state index in [9.17, 15) is 5.11 Å². The van der Waals surface area contributed by atoms with E-state index in [1.807, 2.05) is 26.0 Å². The molecule has 0 unspecified atom stereocenters. The van der Waals surface area contributed by atoms with Crippen LogP contribution >= 0.6 is 11.6 Å². The summed E-state index contributed by atoms with van der Waals surface area (Å²) in [6.45, 7) is 3.82. The third-order valence-corrected chi connectivity index (χ3v) is 4.29. The summed E-state index contributed by atoms with van der Waals surface area (Å²) in [4.78, 5) is 0. The fourth-order valence-corrected chi connectivity index (χ4v) is 2.74. The lowest BCUT2D eigenvalue weighted by molar-refractivity contribution is 0.0578. The van der Waals surface area contributed by atoms with Gasteiger partial charge in [0.05, 0.1) is 16.7 Å². The summed E-state index contributed by atoms with van der Waals surface area (Å²) in [5.41, 5.74) is 1.95. The summed E-state index contributed by atoms with van der Waals surface area (Å²) < 4.78 is 0. The van der Waals surface area contributed by atoms with Crippen LogP contribution in [0.2, 0.25) is 5.02 Å². The molecule has 1 aliphatic rings. The predicted octanol–water partition coefficient (Wildman–Crippen LogP) is 3.35. The first-order valence-corrected chi connectivity index (χ1v) is 6.58. The van der Waals surface area contributed by atoms with Crippen molar-refractivity contribution < 1.29 is 5.11 Å². The van der Waals surface area contributed by atoms with Crippen LogP contribution < -0.4 is 5.32 Å². The topological polar surface area (TPSA) is 32.3 Å². The van der Waals surface area contributed by atoms with E-state index in [1.54, 1.807) is 0 Å². The van der Waals surface area contributed by atoms with Gasteiger partial charge in [-0.1, -0.05) is 17.5 Å². The lowest BCUT2D eigenvalue weighted by Gasteiger charge is -2.28. The van der Waals surface area contributed by atoms with E-state index in [4.69, 9.17) is 18.0 Å². The molecule has 2 nitrogen and oxygen atoms in total. The van der Waals surface area contributed by atoms with Gasteiger partial charge >= 0.3 is 0 Å². The zero-order valence-electron chi connectivity index (χ0n) is 10.8. The van der Waals surface area contributed by atoms with Crippen molar-refractivity contribution in [1.29, 1.82) is 0 Å². The van der Waals surface area contributed by atoms with Crippen LogP contribution in [0, 0.1) is 19.3 Å². The molecular weight excluding hydrogens is 246 g/mol. The van der Waals surface area contributed by atoms with Crippen molar-refractivity contribution in [2.75, 3.05) is 5.32 Å². The van der Waals surface area contributed by atoms with E-state index in [-0.39, 0.29) is 6.04 Å². The number of halogens is 1. The molecule has 0 heterocycles. The van der Waals surface area contributed by atoms with Crippen molar-refractivity contribution in [1.82, 2.24) is 0 Å². The van der Waals surface area contributed by atoms with Gasteiger partial charge in [0.1, 0.15) is 0 Å². The molecule has 0 aliphatic heterocycles. The number of rotatable bonds is 2. The highest BCUT2D eigenvalue weighted by atomic mass is 35.5. The molecule has 0 radical (unpaired) electrons. The smallest absolute Gasteiger partial charge is 0.0819 e. The van der Waals surface area contributed by atoms with Gasteiger partial charge in [-0.2, -0.15) is 0 Å². The maximum atomic E-state index is 10.2. The van der Waals surface area contributed by atoms with Crippen LogP contribution in [0.15, 0.2) is 12.1 Å². The Labute approximate surface area is 113 Å². The summed E-state index contributed by atoms with van der Waals surface area (Å²) in [5.74, 6) is 2.56. The molecule has 1 saturated carbocycles. The first-order chi connectivity index (χ1) is 8.45. The second-order valence-electron chi connectivity index (χ2n) is 5.19. The average molecular weight is 264 g/mol. The van der Waals surface area contributed by atoms with Gasteiger partial charge in [-0.3, -0.25) is 0 Å². The van der Waals surface area contributed by atoms with Crippen molar-refractivity contribution in [3.63, 3.8) is 0 Å². The highest BCUT2D eigenvalue weighted by Gasteiger charge is 2.36. The molecule has 1 aromatic carbocycles. The Morgan fingerprint density at radius 1 is 1.56 bits per heavy atom. The summed E-state index contributed by atoms with van der Waals surface area (Å²) in [6.07, 6.45) is 8.23. The van der Waals surface area contributed by atoms with Gasteiger partial charge in [-0.25, -0.2) is 0 Å². The molecule has 1 fully saturated rings. The van der Waals surface area contributed by atoms with Gasteiger partial charge in [-0.15, -0.1) is 6.42 Å². The van der Waals surface area contributed by atoms with E-state index >= 15 is 0 Å². The average Bonchev–Trinajstić information content (AvgIpc) is 2.65. The first-order valence-electron chi connectivity index (χ1n) is 6.20. The highest BCUT2D eigenvalue weighted by molar-refractivity contribution is 6.32. The second-order valence-corrected chi connectivity index (χ2v) is 5.57. The minimum Gasteiger partial charge on any atom is -0.388 e. The molecule has 2 N–H and O–H groups in total. The van der Waals surface area contributed by atoms with Crippen molar-refractivity contribution in [3.8, 4) is 12.3 Å². The number of hydrogen-bond donors (Lipinski definition) is 2. The Bertz CT molecular complexity index is 502. The molecule has 3 heteroatoms. The molecule has 0 bridgehead atoms. The van der Waals surface area contributed by atoms with Crippen molar-refractivity contribution in [3.05, 3.63) is 28.3 Å². The monoisotopic (exact) mass is 263 g/mol. The highest BCUT2D eigenvalue weighted by Crippen LogP contribution is 2.34. The molecule has 0 amide bonds.